The van der Waals surface area contributed by atoms with Crippen LogP contribution in [0.15, 0.2) is 18.2 Å². The highest BCUT2D eigenvalue weighted by atomic mass is 16.6. The van der Waals surface area contributed by atoms with Crippen molar-refractivity contribution in [1.82, 2.24) is 5.32 Å². The van der Waals surface area contributed by atoms with Gasteiger partial charge in [0.1, 0.15) is 0 Å². The van der Waals surface area contributed by atoms with Gasteiger partial charge in [-0.1, -0.05) is 19.9 Å². The third-order valence-corrected chi connectivity index (χ3v) is 2.76. The third-order valence-electron chi connectivity index (χ3n) is 2.76. The second kappa shape index (κ2) is 8.98. The Bertz CT molecular complexity index is 530. The highest BCUT2D eigenvalue weighted by Gasteiger charge is 2.15. The summed E-state index contributed by atoms with van der Waals surface area (Å²) in [6, 6.07) is 5.07. The molecule has 0 aliphatic rings. The molecule has 1 rings (SSSR count). The van der Waals surface area contributed by atoms with Crippen LogP contribution in [0.4, 0.5) is 5.69 Å². The maximum absolute atomic E-state index is 11.1. The van der Waals surface area contributed by atoms with E-state index in [4.69, 9.17) is 4.74 Å². The van der Waals surface area contributed by atoms with Crippen molar-refractivity contribution >= 4 is 5.69 Å². The first-order chi connectivity index (χ1) is 10.0. The summed E-state index contributed by atoms with van der Waals surface area (Å²) in [6.45, 7) is 7.83. The summed E-state index contributed by atoms with van der Waals surface area (Å²) in [6.07, 6.45) is 0.561. The quantitative estimate of drug-likeness (QED) is 0.346. The number of rotatable bonds is 8. The summed E-state index contributed by atoms with van der Waals surface area (Å²) >= 11 is 0. The van der Waals surface area contributed by atoms with E-state index in [-0.39, 0.29) is 5.69 Å². The van der Waals surface area contributed by atoms with Gasteiger partial charge in [0, 0.05) is 19.0 Å². The molecule has 0 fully saturated rings. The number of nitro benzene ring substituents is 1. The molecule has 5 heteroatoms. The lowest BCUT2D eigenvalue weighted by molar-refractivity contribution is -0.385. The first-order valence-electron chi connectivity index (χ1n) is 7.05. The van der Waals surface area contributed by atoms with Crippen molar-refractivity contribution in [1.29, 1.82) is 0 Å². The van der Waals surface area contributed by atoms with Crippen LogP contribution in [0.5, 0.6) is 5.75 Å². The van der Waals surface area contributed by atoms with Crippen molar-refractivity contribution in [2.75, 3.05) is 13.2 Å². The second-order valence-corrected chi connectivity index (χ2v) is 5.11. The van der Waals surface area contributed by atoms with E-state index in [1.54, 1.807) is 19.1 Å². The molecule has 0 aliphatic carbocycles. The lowest BCUT2D eigenvalue weighted by Crippen LogP contribution is -2.19. The van der Waals surface area contributed by atoms with Crippen molar-refractivity contribution in [3.8, 4) is 17.6 Å². The van der Waals surface area contributed by atoms with E-state index >= 15 is 0 Å². The van der Waals surface area contributed by atoms with E-state index in [0.29, 0.717) is 31.2 Å². The number of nitrogens with one attached hydrogen (secondary N) is 1. The molecule has 0 radical (unpaired) electrons. The highest BCUT2D eigenvalue weighted by Crippen LogP contribution is 2.28. The number of nitrogens with zero attached hydrogens (tertiary/aromatic N) is 1. The molecule has 114 valence electrons. The van der Waals surface area contributed by atoms with E-state index in [2.05, 4.69) is 31.0 Å². The van der Waals surface area contributed by atoms with Crippen LogP contribution in [0, 0.1) is 27.9 Å². The SMILES string of the molecule is CC#CCCOc1ccc(CNCC(C)C)cc1[N+](=O)[O-]. The van der Waals surface area contributed by atoms with Gasteiger partial charge in [-0.2, -0.15) is 0 Å². The molecule has 1 N–H and O–H groups in total. The van der Waals surface area contributed by atoms with Crippen LogP contribution >= 0.6 is 0 Å². The molecule has 1 aromatic carbocycles. The number of ether oxygens (including phenoxy) is 1. The van der Waals surface area contributed by atoms with E-state index in [0.717, 1.165) is 12.1 Å². The van der Waals surface area contributed by atoms with Gasteiger partial charge in [0.05, 0.1) is 11.5 Å². The molecule has 0 unspecified atom stereocenters. The molecule has 0 atom stereocenters. The fraction of sp³-hybridized carbons (Fsp3) is 0.500. The Labute approximate surface area is 125 Å². The highest BCUT2D eigenvalue weighted by molar-refractivity contribution is 5.48. The zero-order valence-corrected chi connectivity index (χ0v) is 12.8. The first kappa shape index (κ1) is 17.0. The molecular formula is C16H22N2O3. The van der Waals surface area contributed by atoms with Crippen LogP contribution in [0.25, 0.3) is 0 Å². The van der Waals surface area contributed by atoms with Crippen molar-refractivity contribution in [3.63, 3.8) is 0 Å². The number of hydrogen-bond donors (Lipinski definition) is 1. The molecule has 5 nitrogen and oxygen atoms in total. The minimum atomic E-state index is -0.410. The van der Waals surface area contributed by atoms with Crippen LogP contribution in [-0.4, -0.2) is 18.1 Å². The number of benzene rings is 1. The first-order valence-corrected chi connectivity index (χ1v) is 7.05. The van der Waals surface area contributed by atoms with Gasteiger partial charge in [0.15, 0.2) is 5.75 Å². The molecule has 0 amide bonds. The smallest absolute Gasteiger partial charge is 0.311 e. The topological polar surface area (TPSA) is 64.4 Å². The molecular weight excluding hydrogens is 268 g/mol. The Morgan fingerprint density at radius 3 is 2.81 bits per heavy atom. The summed E-state index contributed by atoms with van der Waals surface area (Å²) in [5.74, 6) is 6.46. The van der Waals surface area contributed by atoms with Gasteiger partial charge in [-0.15, -0.1) is 11.8 Å². The number of nitro groups is 1. The fourth-order valence-electron chi connectivity index (χ4n) is 1.78. The Hall–Kier alpha value is -2.06. The maximum Gasteiger partial charge on any atom is 0.311 e. The standard InChI is InChI=1S/C16H22N2O3/c1-4-5-6-9-21-16-8-7-14(10-15(16)18(19)20)12-17-11-13(2)3/h7-8,10,13,17H,6,9,11-12H2,1-3H3. The molecule has 0 saturated carbocycles. The predicted molar refractivity (Wildman–Crippen MR) is 83.2 cm³/mol. The predicted octanol–water partition coefficient (Wildman–Crippen LogP) is 3.13. The van der Waals surface area contributed by atoms with Crippen LogP contribution < -0.4 is 10.1 Å². The van der Waals surface area contributed by atoms with Crippen LogP contribution in [-0.2, 0) is 6.54 Å². The van der Waals surface area contributed by atoms with Crippen molar-refractivity contribution in [2.45, 2.75) is 33.7 Å². The summed E-state index contributed by atoms with van der Waals surface area (Å²) in [7, 11) is 0. The normalized spacial score (nSPS) is 10.1. The summed E-state index contributed by atoms with van der Waals surface area (Å²) < 4.78 is 5.43. The van der Waals surface area contributed by atoms with Crippen LogP contribution in [0.2, 0.25) is 0 Å². The maximum atomic E-state index is 11.1. The molecule has 0 aromatic heterocycles. The van der Waals surface area contributed by atoms with Gasteiger partial charge in [0.25, 0.3) is 0 Å². The van der Waals surface area contributed by atoms with E-state index in [1.165, 1.54) is 0 Å². The largest absolute Gasteiger partial charge is 0.486 e. The molecule has 1 aromatic rings. The summed E-state index contributed by atoms with van der Waals surface area (Å²) in [5.41, 5.74) is 0.881. The van der Waals surface area contributed by atoms with Crippen LogP contribution in [0.1, 0.15) is 32.8 Å². The minimum absolute atomic E-state index is 0.00306. The lowest BCUT2D eigenvalue weighted by atomic mass is 10.1. The van der Waals surface area contributed by atoms with E-state index in [1.807, 2.05) is 6.07 Å². The Morgan fingerprint density at radius 2 is 2.19 bits per heavy atom. The van der Waals surface area contributed by atoms with E-state index in [9.17, 15) is 10.1 Å². The van der Waals surface area contributed by atoms with Crippen LogP contribution in [0.3, 0.4) is 0 Å². The molecule has 0 bridgehead atoms. The van der Waals surface area contributed by atoms with Gasteiger partial charge in [-0.3, -0.25) is 10.1 Å². The monoisotopic (exact) mass is 290 g/mol. The molecule has 0 spiro atoms. The Kier molecular flexibility index (Phi) is 7.27. The average molecular weight is 290 g/mol. The molecule has 0 aliphatic heterocycles. The molecule has 0 heterocycles. The lowest BCUT2D eigenvalue weighted by Gasteiger charge is -2.09. The van der Waals surface area contributed by atoms with Crippen molar-refractivity contribution in [3.05, 3.63) is 33.9 Å². The summed E-state index contributed by atoms with van der Waals surface area (Å²) in [4.78, 5) is 10.7. The zero-order valence-electron chi connectivity index (χ0n) is 12.8. The van der Waals surface area contributed by atoms with Gasteiger partial charge in [-0.25, -0.2) is 0 Å². The molecule has 21 heavy (non-hydrogen) atoms. The van der Waals surface area contributed by atoms with Crippen molar-refractivity contribution < 1.29 is 9.66 Å². The Balaban J connectivity index is 2.71. The third kappa shape index (κ3) is 6.28. The Morgan fingerprint density at radius 1 is 1.43 bits per heavy atom. The van der Waals surface area contributed by atoms with Gasteiger partial charge in [0.2, 0.25) is 0 Å². The average Bonchev–Trinajstić information content (AvgIpc) is 2.44. The minimum Gasteiger partial charge on any atom is -0.486 e. The second-order valence-electron chi connectivity index (χ2n) is 5.11. The summed E-state index contributed by atoms with van der Waals surface area (Å²) in [5, 5.41) is 14.4. The number of hydrogen-bond acceptors (Lipinski definition) is 4. The fourth-order valence-corrected chi connectivity index (χ4v) is 1.78. The van der Waals surface area contributed by atoms with Gasteiger partial charge in [-0.05, 0) is 31.0 Å². The molecule has 0 saturated heterocycles. The van der Waals surface area contributed by atoms with E-state index < -0.39 is 4.92 Å². The van der Waals surface area contributed by atoms with Gasteiger partial charge < -0.3 is 10.1 Å². The van der Waals surface area contributed by atoms with Gasteiger partial charge >= 0.3 is 5.69 Å². The zero-order chi connectivity index (χ0) is 15.7. The van der Waals surface area contributed by atoms with Crippen molar-refractivity contribution in [2.24, 2.45) is 5.92 Å².